The minimum absolute atomic E-state index is 0.0141. The molecule has 0 atom stereocenters. The Morgan fingerprint density at radius 1 is 1.35 bits per heavy atom. The van der Waals surface area contributed by atoms with Crippen LogP contribution in [0.15, 0.2) is 41.1 Å². The first-order chi connectivity index (χ1) is 8.20. The molecule has 0 radical (unpaired) electrons. The van der Waals surface area contributed by atoms with Crippen LogP contribution in [0.1, 0.15) is 5.56 Å². The quantitative estimate of drug-likeness (QED) is 0.920. The Kier molecular flexibility index (Phi) is 3.35. The van der Waals surface area contributed by atoms with Gasteiger partial charge in [0.2, 0.25) is 0 Å². The van der Waals surface area contributed by atoms with E-state index in [0.29, 0.717) is 5.69 Å². The van der Waals surface area contributed by atoms with Crippen molar-refractivity contribution in [2.75, 3.05) is 5.32 Å². The lowest BCUT2D eigenvalue weighted by Crippen LogP contribution is -1.93. The third-order valence-electron chi connectivity index (χ3n) is 2.14. The van der Waals surface area contributed by atoms with Crippen LogP contribution >= 0.6 is 15.9 Å². The predicted octanol–water partition coefficient (Wildman–Crippen LogP) is 3.60. The van der Waals surface area contributed by atoms with Crippen molar-refractivity contribution in [3.63, 3.8) is 0 Å². The van der Waals surface area contributed by atoms with Gasteiger partial charge in [-0.15, -0.1) is 0 Å². The van der Waals surface area contributed by atoms with Crippen molar-refractivity contribution in [2.24, 2.45) is 0 Å². The molecule has 0 spiro atoms. The van der Waals surface area contributed by atoms with E-state index >= 15 is 0 Å². The zero-order valence-corrected chi connectivity index (χ0v) is 10.2. The Morgan fingerprint density at radius 3 is 2.88 bits per heavy atom. The molecule has 0 saturated carbocycles. The first kappa shape index (κ1) is 11.6. The smallest absolute Gasteiger partial charge is 0.141 e. The number of anilines is 2. The maximum Gasteiger partial charge on any atom is 0.141 e. The van der Waals surface area contributed by atoms with Gasteiger partial charge in [-0.25, -0.2) is 4.39 Å². The number of benzene rings is 1. The minimum Gasteiger partial charge on any atom is -0.354 e. The molecule has 5 heteroatoms. The molecule has 0 unspecified atom stereocenters. The molecular formula is C12H7BrFN3. The molecule has 1 heterocycles. The summed E-state index contributed by atoms with van der Waals surface area (Å²) in [6, 6.07) is 7.87. The average molecular weight is 292 g/mol. The second-order valence-corrected chi connectivity index (χ2v) is 4.14. The molecule has 17 heavy (non-hydrogen) atoms. The third kappa shape index (κ3) is 2.60. The lowest BCUT2D eigenvalue weighted by Gasteiger charge is -2.08. The molecule has 2 aromatic rings. The van der Waals surface area contributed by atoms with Crippen LogP contribution in [0.25, 0.3) is 0 Å². The van der Waals surface area contributed by atoms with Gasteiger partial charge in [0.05, 0.1) is 15.7 Å². The summed E-state index contributed by atoms with van der Waals surface area (Å²) in [7, 11) is 0. The molecule has 1 N–H and O–H groups in total. The summed E-state index contributed by atoms with van der Waals surface area (Å²) in [4.78, 5) is 3.94. The van der Waals surface area contributed by atoms with Gasteiger partial charge in [0.1, 0.15) is 11.9 Å². The second kappa shape index (κ2) is 4.93. The predicted molar refractivity (Wildman–Crippen MR) is 66.3 cm³/mol. The zero-order valence-electron chi connectivity index (χ0n) is 8.61. The van der Waals surface area contributed by atoms with Crippen LogP contribution in [0.2, 0.25) is 0 Å². The SMILES string of the molecule is N#Cc1cc(Nc2ccncc2Br)ccc1F. The van der Waals surface area contributed by atoms with Crippen molar-refractivity contribution in [3.8, 4) is 6.07 Å². The molecule has 0 amide bonds. The summed E-state index contributed by atoms with van der Waals surface area (Å²) < 4.78 is 13.9. The summed E-state index contributed by atoms with van der Waals surface area (Å²) in [5.74, 6) is -0.521. The number of nitrogens with one attached hydrogen (secondary N) is 1. The second-order valence-electron chi connectivity index (χ2n) is 3.29. The van der Waals surface area contributed by atoms with Gasteiger partial charge in [-0.2, -0.15) is 5.26 Å². The van der Waals surface area contributed by atoms with E-state index in [1.807, 2.05) is 0 Å². The monoisotopic (exact) mass is 291 g/mol. The van der Waals surface area contributed by atoms with Gasteiger partial charge >= 0.3 is 0 Å². The van der Waals surface area contributed by atoms with Crippen LogP contribution in [-0.2, 0) is 0 Å². The van der Waals surface area contributed by atoms with Crippen LogP contribution in [-0.4, -0.2) is 4.98 Å². The van der Waals surface area contributed by atoms with E-state index in [-0.39, 0.29) is 5.56 Å². The van der Waals surface area contributed by atoms with Gasteiger partial charge in [0.25, 0.3) is 0 Å². The van der Waals surface area contributed by atoms with E-state index < -0.39 is 5.82 Å². The summed E-state index contributed by atoms with van der Waals surface area (Å²) in [6.07, 6.45) is 3.29. The van der Waals surface area contributed by atoms with Gasteiger partial charge < -0.3 is 5.32 Å². The molecule has 0 saturated heterocycles. The van der Waals surface area contributed by atoms with E-state index in [4.69, 9.17) is 5.26 Å². The van der Waals surface area contributed by atoms with Crippen LogP contribution in [0.4, 0.5) is 15.8 Å². The number of rotatable bonds is 2. The van der Waals surface area contributed by atoms with Crippen LogP contribution in [0.3, 0.4) is 0 Å². The zero-order chi connectivity index (χ0) is 12.3. The largest absolute Gasteiger partial charge is 0.354 e. The molecule has 84 valence electrons. The maximum absolute atomic E-state index is 13.1. The topological polar surface area (TPSA) is 48.7 Å². The molecule has 1 aromatic carbocycles. The standard InChI is InChI=1S/C12H7BrFN3/c13-10-7-16-4-3-12(10)17-9-1-2-11(14)8(5-9)6-15/h1-5,7H,(H,16,17). The molecule has 3 nitrogen and oxygen atoms in total. The first-order valence-electron chi connectivity index (χ1n) is 4.77. The van der Waals surface area contributed by atoms with Crippen molar-refractivity contribution in [3.05, 3.63) is 52.5 Å². The van der Waals surface area contributed by atoms with E-state index in [1.165, 1.54) is 12.1 Å². The minimum atomic E-state index is -0.521. The van der Waals surface area contributed by atoms with Crippen molar-refractivity contribution < 1.29 is 4.39 Å². The number of hydrogen-bond acceptors (Lipinski definition) is 3. The Labute approximate surface area is 106 Å². The highest BCUT2D eigenvalue weighted by molar-refractivity contribution is 9.10. The number of nitrogens with zero attached hydrogens (tertiary/aromatic N) is 2. The van der Waals surface area contributed by atoms with Gasteiger partial charge in [0.15, 0.2) is 0 Å². The van der Waals surface area contributed by atoms with E-state index in [1.54, 1.807) is 30.6 Å². The number of pyridine rings is 1. The van der Waals surface area contributed by atoms with Crippen molar-refractivity contribution in [1.29, 1.82) is 5.26 Å². The molecule has 0 aliphatic rings. The number of nitriles is 1. The van der Waals surface area contributed by atoms with Crippen LogP contribution in [0, 0.1) is 17.1 Å². The highest BCUT2D eigenvalue weighted by Gasteiger charge is 2.04. The molecule has 0 aliphatic heterocycles. The number of aromatic nitrogens is 1. The highest BCUT2D eigenvalue weighted by atomic mass is 79.9. The molecule has 1 aromatic heterocycles. The Hall–Kier alpha value is -1.93. The number of halogens is 2. The molecule has 0 bridgehead atoms. The van der Waals surface area contributed by atoms with E-state index in [0.717, 1.165) is 10.2 Å². The summed E-state index contributed by atoms with van der Waals surface area (Å²) in [5, 5.41) is 11.8. The van der Waals surface area contributed by atoms with E-state index in [9.17, 15) is 4.39 Å². The Morgan fingerprint density at radius 2 is 2.18 bits per heavy atom. The molecule has 0 aliphatic carbocycles. The summed E-state index contributed by atoms with van der Waals surface area (Å²) >= 11 is 3.34. The van der Waals surface area contributed by atoms with Crippen molar-refractivity contribution in [2.45, 2.75) is 0 Å². The van der Waals surface area contributed by atoms with E-state index in [2.05, 4.69) is 26.2 Å². The first-order valence-corrected chi connectivity index (χ1v) is 5.56. The summed E-state index contributed by atoms with van der Waals surface area (Å²) in [6.45, 7) is 0. The normalized spacial score (nSPS) is 9.71. The van der Waals surface area contributed by atoms with Crippen LogP contribution < -0.4 is 5.32 Å². The van der Waals surface area contributed by atoms with Gasteiger partial charge in [-0.1, -0.05) is 0 Å². The average Bonchev–Trinajstić information content (AvgIpc) is 2.34. The highest BCUT2D eigenvalue weighted by Crippen LogP contribution is 2.25. The maximum atomic E-state index is 13.1. The van der Waals surface area contributed by atoms with Crippen LogP contribution in [0.5, 0.6) is 0 Å². The Balaban J connectivity index is 2.32. The fourth-order valence-corrected chi connectivity index (χ4v) is 1.67. The number of hydrogen-bond donors (Lipinski definition) is 1. The third-order valence-corrected chi connectivity index (χ3v) is 2.77. The fourth-order valence-electron chi connectivity index (χ4n) is 1.32. The fraction of sp³-hybridized carbons (Fsp3) is 0. The summed E-state index contributed by atoms with van der Waals surface area (Å²) in [5.41, 5.74) is 1.46. The van der Waals surface area contributed by atoms with Crippen molar-refractivity contribution in [1.82, 2.24) is 4.98 Å². The van der Waals surface area contributed by atoms with Gasteiger partial charge in [0, 0.05) is 18.1 Å². The molecule has 0 fully saturated rings. The van der Waals surface area contributed by atoms with Crippen molar-refractivity contribution >= 4 is 27.3 Å². The molecule has 2 rings (SSSR count). The molecular weight excluding hydrogens is 285 g/mol. The van der Waals surface area contributed by atoms with Gasteiger partial charge in [-0.05, 0) is 40.2 Å². The lowest BCUT2D eigenvalue weighted by atomic mass is 10.2. The lowest BCUT2D eigenvalue weighted by molar-refractivity contribution is 0.624. The van der Waals surface area contributed by atoms with Gasteiger partial charge in [-0.3, -0.25) is 4.98 Å². The Bertz CT molecular complexity index is 593.